The Hall–Kier alpha value is -1.30. The van der Waals surface area contributed by atoms with E-state index in [1.165, 1.54) is 11.8 Å². The van der Waals surface area contributed by atoms with Crippen molar-refractivity contribution in [3.05, 3.63) is 28.2 Å². The normalized spacial score (nSPS) is 10.6. The molecular weight excluding hydrogens is 325 g/mol. The van der Waals surface area contributed by atoms with Gasteiger partial charge in [0.1, 0.15) is 0 Å². The fourth-order valence-corrected chi connectivity index (χ4v) is 2.40. The number of carbonyl (C=O) groups excluding carboxylic acids is 2. The zero-order valence-corrected chi connectivity index (χ0v) is 14.5. The van der Waals surface area contributed by atoms with Crippen molar-refractivity contribution in [1.82, 2.24) is 10.2 Å². The van der Waals surface area contributed by atoms with Gasteiger partial charge in [-0.3, -0.25) is 9.59 Å². The first-order chi connectivity index (χ1) is 10.3. The van der Waals surface area contributed by atoms with Gasteiger partial charge in [-0.05, 0) is 32.3 Å². The standard InChI is InChI=1S/C15H21Cl2N3O2/c1-11(21)20(14-9-12(16)8-13(17)10-14)6-4-15(22)18-5-7-19(2)3/h8-10H,4-7H2,1-3H3,(H,18,22). The van der Waals surface area contributed by atoms with Gasteiger partial charge >= 0.3 is 0 Å². The first kappa shape index (κ1) is 18.7. The average molecular weight is 346 g/mol. The van der Waals surface area contributed by atoms with Crippen molar-refractivity contribution in [2.24, 2.45) is 0 Å². The first-order valence-electron chi connectivity index (χ1n) is 6.95. The Labute approximate surface area is 141 Å². The van der Waals surface area contributed by atoms with Gasteiger partial charge in [-0.2, -0.15) is 0 Å². The summed E-state index contributed by atoms with van der Waals surface area (Å²) in [4.78, 5) is 27.1. The third kappa shape index (κ3) is 6.64. The van der Waals surface area contributed by atoms with Gasteiger partial charge < -0.3 is 15.1 Å². The van der Waals surface area contributed by atoms with Crippen molar-refractivity contribution >= 4 is 40.7 Å². The quantitative estimate of drug-likeness (QED) is 0.825. The summed E-state index contributed by atoms with van der Waals surface area (Å²) in [6.07, 6.45) is 0.219. The summed E-state index contributed by atoms with van der Waals surface area (Å²) in [7, 11) is 3.87. The molecule has 0 saturated carbocycles. The van der Waals surface area contributed by atoms with Crippen LogP contribution in [-0.2, 0) is 9.59 Å². The third-order valence-electron chi connectivity index (χ3n) is 2.98. The van der Waals surface area contributed by atoms with Crippen LogP contribution in [0.3, 0.4) is 0 Å². The van der Waals surface area contributed by atoms with Crippen molar-refractivity contribution in [2.75, 3.05) is 38.6 Å². The number of hydrogen-bond donors (Lipinski definition) is 1. The lowest BCUT2D eigenvalue weighted by Gasteiger charge is -2.21. The van der Waals surface area contributed by atoms with E-state index in [1.807, 2.05) is 19.0 Å². The molecule has 0 aliphatic carbocycles. The van der Waals surface area contributed by atoms with Gasteiger partial charge in [0.15, 0.2) is 0 Å². The molecule has 0 radical (unpaired) electrons. The topological polar surface area (TPSA) is 52.7 Å². The van der Waals surface area contributed by atoms with Crippen LogP contribution in [0.4, 0.5) is 5.69 Å². The van der Waals surface area contributed by atoms with Crippen LogP contribution in [0.1, 0.15) is 13.3 Å². The van der Waals surface area contributed by atoms with E-state index in [-0.39, 0.29) is 24.8 Å². The molecule has 1 N–H and O–H groups in total. The predicted octanol–water partition coefficient (Wildman–Crippen LogP) is 2.41. The first-order valence-corrected chi connectivity index (χ1v) is 7.71. The smallest absolute Gasteiger partial charge is 0.223 e. The van der Waals surface area contributed by atoms with Crippen molar-refractivity contribution in [3.63, 3.8) is 0 Å². The van der Waals surface area contributed by atoms with Crippen molar-refractivity contribution in [2.45, 2.75) is 13.3 Å². The Kier molecular flexibility index (Phi) is 7.65. The molecule has 0 spiro atoms. The van der Waals surface area contributed by atoms with Gasteiger partial charge in [0.25, 0.3) is 0 Å². The lowest BCUT2D eigenvalue weighted by atomic mass is 10.2. The number of rotatable bonds is 7. The minimum atomic E-state index is -0.167. The predicted molar refractivity (Wildman–Crippen MR) is 90.7 cm³/mol. The van der Waals surface area contributed by atoms with E-state index < -0.39 is 0 Å². The summed E-state index contributed by atoms with van der Waals surface area (Å²) < 4.78 is 0. The van der Waals surface area contributed by atoms with E-state index in [4.69, 9.17) is 23.2 Å². The van der Waals surface area contributed by atoms with Crippen LogP contribution >= 0.6 is 23.2 Å². The van der Waals surface area contributed by atoms with Crippen molar-refractivity contribution in [1.29, 1.82) is 0 Å². The molecule has 0 unspecified atom stereocenters. The summed E-state index contributed by atoms with van der Waals surface area (Å²) in [5, 5.41) is 3.71. The number of carbonyl (C=O) groups is 2. The maximum Gasteiger partial charge on any atom is 0.223 e. The molecule has 0 aromatic heterocycles. The van der Waals surface area contributed by atoms with Gasteiger partial charge in [-0.25, -0.2) is 0 Å². The number of nitrogens with zero attached hydrogens (tertiary/aromatic N) is 2. The molecule has 0 heterocycles. The van der Waals surface area contributed by atoms with Crippen LogP contribution < -0.4 is 10.2 Å². The molecule has 22 heavy (non-hydrogen) atoms. The van der Waals surface area contributed by atoms with E-state index in [2.05, 4.69) is 5.32 Å². The van der Waals surface area contributed by atoms with E-state index in [9.17, 15) is 9.59 Å². The highest BCUT2D eigenvalue weighted by Crippen LogP contribution is 2.25. The number of hydrogen-bond acceptors (Lipinski definition) is 3. The molecule has 2 amide bonds. The lowest BCUT2D eigenvalue weighted by Crippen LogP contribution is -2.36. The fourth-order valence-electron chi connectivity index (χ4n) is 1.88. The minimum absolute atomic E-state index is 0.0961. The molecule has 0 aliphatic rings. The average Bonchev–Trinajstić information content (AvgIpc) is 2.36. The molecule has 0 fully saturated rings. The molecule has 1 aromatic carbocycles. The summed E-state index contributed by atoms with van der Waals surface area (Å²) >= 11 is 11.9. The molecule has 1 aromatic rings. The largest absolute Gasteiger partial charge is 0.355 e. The molecule has 0 bridgehead atoms. The van der Waals surface area contributed by atoms with Gasteiger partial charge in [0.2, 0.25) is 11.8 Å². The second-order valence-electron chi connectivity index (χ2n) is 5.20. The molecule has 0 atom stereocenters. The fraction of sp³-hybridized carbons (Fsp3) is 0.467. The highest BCUT2D eigenvalue weighted by Gasteiger charge is 2.14. The summed E-state index contributed by atoms with van der Waals surface area (Å²) in [6, 6.07) is 4.90. The molecule has 1 rings (SSSR count). The Morgan fingerprint density at radius 2 is 1.68 bits per heavy atom. The monoisotopic (exact) mass is 345 g/mol. The van der Waals surface area contributed by atoms with Gasteiger partial charge in [-0.1, -0.05) is 23.2 Å². The van der Waals surface area contributed by atoms with E-state index in [0.29, 0.717) is 22.3 Å². The third-order valence-corrected chi connectivity index (χ3v) is 3.42. The summed E-state index contributed by atoms with van der Waals surface area (Å²) in [5.74, 6) is -0.263. The van der Waals surface area contributed by atoms with E-state index >= 15 is 0 Å². The van der Waals surface area contributed by atoms with Gasteiger partial charge in [0.05, 0.1) is 0 Å². The summed E-state index contributed by atoms with van der Waals surface area (Å²) in [6.45, 7) is 3.07. The molecule has 5 nitrogen and oxygen atoms in total. The van der Waals surface area contributed by atoms with Crippen LogP contribution in [0.5, 0.6) is 0 Å². The Bertz CT molecular complexity index is 515. The van der Waals surface area contributed by atoms with Gasteiger partial charge in [-0.15, -0.1) is 0 Å². The van der Waals surface area contributed by atoms with E-state index in [0.717, 1.165) is 6.54 Å². The molecule has 7 heteroatoms. The highest BCUT2D eigenvalue weighted by molar-refractivity contribution is 6.35. The summed E-state index contributed by atoms with van der Waals surface area (Å²) in [5.41, 5.74) is 0.589. The van der Waals surface area contributed by atoms with Crippen LogP contribution in [0.25, 0.3) is 0 Å². The Balaban J connectivity index is 2.62. The second kappa shape index (κ2) is 8.98. The Morgan fingerprint density at radius 1 is 1.09 bits per heavy atom. The second-order valence-corrected chi connectivity index (χ2v) is 6.07. The SMILES string of the molecule is CC(=O)N(CCC(=O)NCCN(C)C)c1cc(Cl)cc(Cl)c1. The number of likely N-dealkylation sites (N-methyl/N-ethyl adjacent to an activating group) is 1. The van der Waals surface area contributed by atoms with Crippen LogP contribution in [0.2, 0.25) is 10.0 Å². The van der Waals surface area contributed by atoms with E-state index in [1.54, 1.807) is 18.2 Å². The van der Waals surface area contributed by atoms with Crippen molar-refractivity contribution < 1.29 is 9.59 Å². The van der Waals surface area contributed by atoms with Gasteiger partial charge in [0, 0.05) is 48.7 Å². The molecule has 122 valence electrons. The Morgan fingerprint density at radius 3 is 2.18 bits per heavy atom. The number of amides is 2. The molecule has 0 saturated heterocycles. The number of anilines is 1. The number of benzene rings is 1. The number of halogens is 2. The minimum Gasteiger partial charge on any atom is -0.355 e. The highest BCUT2D eigenvalue weighted by atomic mass is 35.5. The zero-order valence-electron chi connectivity index (χ0n) is 13.0. The molecular formula is C15H21Cl2N3O2. The number of nitrogens with one attached hydrogen (secondary N) is 1. The maximum absolute atomic E-state index is 11.8. The maximum atomic E-state index is 11.8. The lowest BCUT2D eigenvalue weighted by molar-refractivity contribution is -0.121. The van der Waals surface area contributed by atoms with Crippen LogP contribution in [0, 0.1) is 0 Å². The van der Waals surface area contributed by atoms with Crippen LogP contribution in [0.15, 0.2) is 18.2 Å². The van der Waals surface area contributed by atoms with Crippen molar-refractivity contribution in [3.8, 4) is 0 Å². The zero-order chi connectivity index (χ0) is 16.7. The van der Waals surface area contributed by atoms with Crippen LogP contribution in [-0.4, -0.2) is 50.4 Å². The molecule has 0 aliphatic heterocycles.